The highest BCUT2D eigenvalue weighted by molar-refractivity contribution is 5.79. The number of nitrogens with one attached hydrogen (secondary N) is 2. The second kappa shape index (κ2) is 6.95. The number of amides is 1. The minimum absolute atomic E-state index is 0.0208. The Bertz CT molecular complexity index is 884. The number of hydrogen-bond donors (Lipinski definition) is 4. The van der Waals surface area contributed by atoms with Crippen LogP contribution in [0.25, 0.3) is 0 Å². The van der Waals surface area contributed by atoms with Crippen molar-refractivity contribution in [3.8, 4) is 0 Å². The summed E-state index contributed by atoms with van der Waals surface area (Å²) in [5.41, 5.74) is 6.16. The van der Waals surface area contributed by atoms with Gasteiger partial charge in [-0.1, -0.05) is 12.2 Å². The Morgan fingerprint density at radius 1 is 1.37 bits per heavy atom. The zero-order valence-electron chi connectivity index (χ0n) is 14.4. The van der Waals surface area contributed by atoms with Crippen molar-refractivity contribution >= 4 is 23.4 Å². The first-order valence-electron chi connectivity index (χ1n) is 8.72. The molecule has 2 aliphatic rings. The number of aromatic nitrogens is 4. The molecule has 2 aromatic rings. The second-order valence-electron chi connectivity index (χ2n) is 6.78. The molecular formula is C17H20FN7O2. The number of allylic oxidation sites excluding steroid dienone is 1. The lowest BCUT2D eigenvalue weighted by Crippen LogP contribution is -2.41. The predicted octanol–water partition coefficient (Wildman–Crippen LogP) is 0.636. The van der Waals surface area contributed by atoms with Crippen LogP contribution in [0.4, 0.5) is 21.8 Å². The van der Waals surface area contributed by atoms with Crippen LogP contribution in [0.15, 0.2) is 30.7 Å². The SMILES string of the molecule is NC(=O)[C@@H]1[C@H](Nc2nc(Nc3cnn(CCO)c3)ncc2F)[C@H]2C=C[C@H]1C2. The summed E-state index contributed by atoms with van der Waals surface area (Å²) in [6, 6.07) is -0.290. The van der Waals surface area contributed by atoms with Gasteiger partial charge in [0, 0.05) is 12.2 Å². The van der Waals surface area contributed by atoms with E-state index in [1.807, 2.05) is 12.2 Å². The van der Waals surface area contributed by atoms with Crippen molar-refractivity contribution < 1.29 is 14.3 Å². The summed E-state index contributed by atoms with van der Waals surface area (Å²) < 4.78 is 15.8. The van der Waals surface area contributed by atoms with Crippen LogP contribution in [0, 0.1) is 23.6 Å². The number of nitrogens with two attached hydrogens (primary N) is 1. The molecule has 0 saturated heterocycles. The van der Waals surface area contributed by atoms with E-state index in [-0.39, 0.29) is 42.2 Å². The fourth-order valence-electron chi connectivity index (χ4n) is 3.88. The largest absolute Gasteiger partial charge is 0.394 e. The van der Waals surface area contributed by atoms with Crippen LogP contribution in [-0.4, -0.2) is 43.4 Å². The van der Waals surface area contributed by atoms with Gasteiger partial charge >= 0.3 is 0 Å². The number of fused-ring (bicyclic) bond motifs is 2. The number of anilines is 3. The van der Waals surface area contributed by atoms with Crippen molar-refractivity contribution in [3.05, 3.63) is 36.6 Å². The van der Waals surface area contributed by atoms with Gasteiger partial charge in [0.25, 0.3) is 0 Å². The van der Waals surface area contributed by atoms with Gasteiger partial charge in [0.2, 0.25) is 11.9 Å². The number of aliphatic hydroxyl groups excluding tert-OH is 1. The van der Waals surface area contributed by atoms with E-state index >= 15 is 0 Å². The van der Waals surface area contributed by atoms with Gasteiger partial charge in [0.1, 0.15) is 0 Å². The summed E-state index contributed by atoms with van der Waals surface area (Å²) >= 11 is 0. The third-order valence-electron chi connectivity index (χ3n) is 5.05. The van der Waals surface area contributed by atoms with Crippen LogP contribution < -0.4 is 16.4 Å². The molecule has 2 aliphatic carbocycles. The number of nitrogens with zero attached hydrogens (tertiary/aromatic N) is 4. The van der Waals surface area contributed by atoms with Crippen molar-refractivity contribution in [3.63, 3.8) is 0 Å². The maximum atomic E-state index is 14.2. The van der Waals surface area contributed by atoms with E-state index in [1.54, 1.807) is 17.1 Å². The molecule has 4 atom stereocenters. The lowest BCUT2D eigenvalue weighted by molar-refractivity contribution is -0.122. The average molecular weight is 373 g/mol. The fraction of sp³-hybridized carbons (Fsp3) is 0.412. The van der Waals surface area contributed by atoms with E-state index in [0.717, 1.165) is 12.6 Å². The summed E-state index contributed by atoms with van der Waals surface area (Å²) in [7, 11) is 0. The summed E-state index contributed by atoms with van der Waals surface area (Å²) in [5, 5.41) is 19.0. The lowest BCUT2D eigenvalue weighted by atomic mass is 9.88. The van der Waals surface area contributed by atoms with Crippen LogP contribution in [0.3, 0.4) is 0 Å². The van der Waals surface area contributed by atoms with Crippen molar-refractivity contribution in [2.75, 3.05) is 17.2 Å². The zero-order chi connectivity index (χ0) is 19.0. The van der Waals surface area contributed by atoms with Crippen LogP contribution in [0.1, 0.15) is 6.42 Å². The number of carbonyl (C=O) groups excluding carboxylic acids is 1. The molecule has 0 aromatic carbocycles. The average Bonchev–Trinajstić information content (AvgIpc) is 3.34. The third kappa shape index (κ3) is 3.35. The van der Waals surface area contributed by atoms with Gasteiger partial charge in [-0.3, -0.25) is 9.48 Å². The van der Waals surface area contributed by atoms with Gasteiger partial charge in [-0.15, -0.1) is 0 Å². The molecule has 10 heteroatoms. The number of rotatable bonds is 7. The molecule has 142 valence electrons. The highest BCUT2D eigenvalue weighted by Gasteiger charge is 2.47. The Balaban J connectivity index is 1.52. The van der Waals surface area contributed by atoms with Gasteiger partial charge in [0.15, 0.2) is 11.6 Å². The summed E-state index contributed by atoms with van der Waals surface area (Å²) in [4.78, 5) is 20.0. The van der Waals surface area contributed by atoms with Crippen molar-refractivity contribution in [1.29, 1.82) is 0 Å². The maximum absolute atomic E-state index is 14.2. The van der Waals surface area contributed by atoms with E-state index in [1.165, 1.54) is 0 Å². The van der Waals surface area contributed by atoms with Gasteiger partial charge in [0.05, 0.1) is 37.2 Å². The molecule has 1 saturated carbocycles. The number of primary amides is 1. The van der Waals surface area contributed by atoms with Gasteiger partial charge in [-0.05, 0) is 18.3 Å². The van der Waals surface area contributed by atoms with E-state index in [0.29, 0.717) is 12.2 Å². The Kier molecular flexibility index (Phi) is 4.48. The summed E-state index contributed by atoms with van der Waals surface area (Å²) in [5.74, 6) is -0.966. The highest BCUT2D eigenvalue weighted by Crippen LogP contribution is 2.44. The lowest BCUT2D eigenvalue weighted by Gasteiger charge is -2.27. The van der Waals surface area contributed by atoms with Crippen molar-refractivity contribution in [2.24, 2.45) is 23.5 Å². The quantitative estimate of drug-likeness (QED) is 0.524. The van der Waals surface area contributed by atoms with E-state index in [4.69, 9.17) is 10.8 Å². The number of halogens is 1. The van der Waals surface area contributed by atoms with E-state index in [2.05, 4.69) is 25.7 Å². The van der Waals surface area contributed by atoms with Gasteiger partial charge < -0.3 is 21.5 Å². The first kappa shape index (κ1) is 17.4. The predicted molar refractivity (Wildman–Crippen MR) is 95.4 cm³/mol. The van der Waals surface area contributed by atoms with Crippen LogP contribution in [0.5, 0.6) is 0 Å². The molecule has 2 bridgehead atoms. The molecule has 2 heterocycles. The normalized spacial score (nSPS) is 25.7. The minimum Gasteiger partial charge on any atom is -0.394 e. The first-order chi connectivity index (χ1) is 13.0. The van der Waals surface area contributed by atoms with E-state index in [9.17, 15) is 9.18 Å². The fourth-order valence-corrected chi connectivity index (χ4v) is 3.88. The van der Waals surface area contributed by atoms with Crippen LogP contribution in [-0.2, 0) is 11.3 Å². The number of hydrogen-bond acceptors (Lipinski definition) is 7. The molecule has 1 fully saturated rings. The molecule has 4 rings (SSSR count). The minimum atomic E-state index is -0.605. The van der Waals surface area contributed by atoms with Crippen molar-refractivity contribution in [2.45, 2.75) is 19.0 Å². The standard InChI is InChI=1S/C17H20FN7O2/c18-12-7-20-17(22-11-6-21-25(8-11)3-4-26)24-16(12)23-14-10-2-1-9(5-10)13(14)15(19)27/h1-2,6-10,13-14,26H,3-5H2,(H2,19,27)(H2,20,22,23,24)/t9-,10-,13-,14+/m0/s1. The smallest absolute Gasteiger partial charge is 0.229 e. The Hall–Kier alpha value is -3.01. The number of aliphatic hydroxyl groups is 1. The van der Waals surface area contributed by atoms with Crippen molar-refractivity contribution in [1.82, 2.24) is 19.7 Å². The molecule has 0 aliphatic heterocycles. The molecule has 27 heavy (non-hydrogen) atoms. The number of carbonyl (C=O) groups is 1. The first-order valence-corrected chi connectivity index (χ1v) is 8.72. The summed E-state index contributed by atoms with van der Waals surface area (Å²) in [6.07, 6.45) is 9.17. The molecule has 0 unspecified atom stereocenters. The third-order valence-corrected chi connectivity index (χ3v) is 5.05. The zero-order valence-corrected chi connectivity index (χ0v) is 14.4. The molecule has 5 N–H and O–H groups in total. The van der Waals surface area contributed by atoms with Gasteiger partial charge in [-0.25, -0.2) is 9.37 Å². The molecular weight excluding hydrogens is 353 g/mol. The second-order valence-corrected chi connectivity index (χ2v) is 6.78. The summed E-state index contributed by atoms with van der Waals surface area (Å²) in [6.45, 7) is 0.340. The highest BCUT2D eigenvalue weighted by atomic mass is 19.1. The van der Waals surface area contributed by atoms with Gasteiger partial charge in [-0.2, -0.15) is 10.1 Å². The Labute approximate surface area is 154 Å². The topological polar surface area (TPSA) is 131 Å². The molecule has 0 radical (unpaired) electrons. The Morgan fingerprint density at radius 3 is 2.96 bits per heavy atom. The Morgan fingerprint density at radius 2 is 2.19 bits per heavy atom. The molecule has 1 amide bonds. The molecule has 2 aromatic heterocycles. The maximum Gasteiger partial charge on any atom is 0.229 e. The monoisotopic (exact) mass is 373 g/mol. The van der Waals surface area contributed by atoms with Crippen LogP contribution in [0.2, 0.25) is 0 Å². The molecule has 0 spiro atoms. The molecule has 9 nitrogen and oxygen atoms in total. The van der Waals surface area contributed by atoms with E-state index < -0.39 is 11.7 Å². The van der Waals surface area contributed by atoms with Crippen LogP contribution >= 0.6 is 0 Å².